The zero-order valence-corrected chi connectivity index (χ0v) is 12.3. The Morgan fingerprint density at radius 3 is 2.58 bits per heavy atom. The van der Waals surface area contributed by atoms with Crippen LogP contribution < -0.4 is 5.73 Å². The van der Waals surface area contributed by atoms with Crippen molar-refractivity contribution in [1.29, 1.82) is 0 Å². The molecule has 1 aromatic rings. The van der Waals surface area contributed by atoms with Gasteiger partial charge >= 0.3 is 0 Å². The number of hydrogen-bond donors (Lipinski definition) is 1. The minimum absolute atomic E-state index is 0.0718. The van der Waals surface area contributed by atoms with Crippen molar-refractivity contribution in [2.45, 2.75) is 58.5 Å². The molecule has 1 aliphatic heterocycles. The topological polar surface area (TPSA) is 68.2 Å². The van der Waals surface area contributed by atoms with Crippen molar-refractivity contribution in [2.24, 2.45) is 11.7 Å². The van der Waals surface area contributed by atoms with Crippen molar-refractivity contribution < 1.29 is 4.52 Å². The lowest BCUT2D eigenvalue weighted by molar-refractivity contribution is 0.148. The molecule has 1 aromatic heterocycles. The van der Waals surface area contributed by atoms with Gasteiger partial charge in [0.05, 0.1) is 0 Å². The Kier molecular flexibility index (Phi) is 4.93. The van der Waals surface area contributed by atoms with Gasteiger partial charge in [0.1, 0.15) is 0 Å². The third kappa shape index (κ3) is 4.28. The summed E-state index contributed by atoms with van der Waals surface area (Å²) in [5.41, 5.74) is 5.73. The third-order valence-corrected chi connectivity index (χ3v) is 3.86. The van der Waals surface area contributed by atoms with E-state index in [1.807, 2.05) is 6.92 Å². The zero-order valence-electron chi connectivity index (χ0n) is 12.3. The second-order valence-electron chi connectivity index (χ2n) is 6.06. The third-order valence-electron chi connectivity index (χ3n) is 3.86. The van der Waals surface area contributed by atoms with Gasteiger partial charge < -0.3 is 15.2 Å². The molecular weight excluding hydrogens is 240 g/mol. The van der Waals surface area contributed by atoms with Crippen LogP contribution in [0.3, 0.4) is 0 Å². The molecule has 1 fully saturated rings. The van der Waals surface area contributed by atoms with Gasteiger partial charge in [-0.25, -0.2) is 0 Å². The van der Waals surface area contributed by atoms with Crippen LogP contribution in [0.25, 0.3) is 0 Å². The van der Waals surface area contributed by atoms with Gasteiger partial charge in [0.2, 0.25) is 5.89 Å². The molecule has 1 aliphatic rings. The molecule has 1 atom stereocenters. The standard InChI is InChI=1S/C14H26N4O/c1-10(2)18-6-4-12(5-7-18)9-13-16-14(19-17-13)8-11(3)15/h10-12H,4-9,15H2,1-3H3. The van der Waals surface area contributed by atoms with E-state index in [9.17, 15) is 0 Å². The Hall–Kier alpha value is -0.940. The summed E-state index contributed by atoms with van der Waals surface area (Å²) in [7, 11) is 0. The number of likely N-dealkylation sites (tertiary alicyclic amines) is 1. The number of aromatic nitrogens is 2. The van der Waals surface area contributed by atoms with Gasteiger partial charge in [-0.3, -0.25) is 0 Å². The molecule has 0 amide bonds. The number of hydrogen-bond acceptors (Lipinski definition) is 5. The van der Waals surface area contributed by atoms with E-state index < -0.39 is 0 Å². The van der Waals surface area contributed by atoms with Gasteiger partial charge in [-0.05, 0) is 52.6 Å². The van der Waals surface area contributed by atoms with Crippen LogP contribution in [0.5, 0.6) is 0 Å². The second-order valence-corrected chi connectivity index (χ2v) is 6.06. The molecule has 108 valence electrons. The molecule has 2 rings (SSSR count). The van der Waals surface area contributed by atoms with E-state index in [4.69, 9.17) is 10.3 Å². The Bertz CT molecular complexity index is 381. The molecular formula is C14H26N4O. The summed E-state index contributed by atoms with van der Waals surface area (Å²) in [5, 5.41) is 4.06. The lowest BCUT2D eigenvalue weighted by Gasteiger charge is -2.34. The highest BCUT2D eigenvalue weighted by Gasteiger charge is 2.22. The molecule has 0 bridgehead atoms. The first-order valence-electron chi connectivity index (χ1n) is 7.35. The predicted octanol–water partition coefficient (Wildman–Crippen LogP) is 1.62. The minimum Gasteiger partial charge on any atom is -0.339 e. The molecule has 5 heteroatoms. The molecule has 0 aliphatic carbocycles. The first-order valence-corrected chi connectivity index (χ1v) is 7.35. The normalized spacial score (nSPS) is 20.1. The van der Waals surface area contributed by atoms with Crippen LogP contribution in [0.2, 0.25) is 0 Å². The van der Waals surface area contributed by atoms with E-state index in [0.29, 0.717) is 24.3 Å². The van der Waals surface area contributed by atoms with Crippen molar-refractivity contribution in [1.82, 2.24) is 15.0 Å². The number of nitrogens with zero attached hydrogens (tertiary/aromatic N) is 3. The minimum atomic E-state index is 0.0718. The zero-order chi connectivity index (χ0) is 13.8. The van der Waals surface area contributed by atoms with Crippen LogP contribution >= 0.6 is 0 Å². The average Bonchev–Trinajstić information content (AvgIpc) is 2.76. The molecule has 0 saturated carbocycles. The Morgan fingerprint density at radius 2 is 2.00 bits per heavy atom. The number of piperidine rings is 1. The number of nitrogens with two attached hydrogens (primary N) is 1. The summed E-state index contributed by atoms with van der Waals surface area (Å²) in [6, 6.07) is 0.728. The van der Waals surface area contributed by atoms with Crippen LogP contribution in [0.1, 0.15) is 45.3 Å². The number of rotatable bonds is 5. The Morgan fingerprint density at radius 1 is 1.32 bits per heavy atom. The SMILES string of the molecule is CC(N)Cc1nc(CC2CCN(C(C)C)CC2)no1. The van der Waals surface area contributed by atoms with Crippen LogP contribution in [-0.2, 0) is 12.8 Å². The maximum absolute atomic E-state index is 5.73. The van der Waals surface area contributed by atoms with Crippen molar-refractivity contribution in [3.63, 3.8) is 0 Å². The van der Waals surface area contributed by atoms with Gasteiger partial charge in [-0.1, -0.05) is 5.16 Å². The first kappa shape index (κ1) is 14.5. The van der Waals surface area contributed by atoms with Crippen molar-refractivity contribution in [3.8, 4) is 0 Å². The largest absolute Gasteiger partial charge is 0.339 e. The van der Waals surface area contributed by atoms with E-state index in [-0.39, 0.29) is 6.04 Å². The maximum atomic E-state index is 5.73. The van der Waals surface area contributed by atoms with Gasteiger partial charge in [-0.2, -0.15) is 4.98 Å². The molecule has 5 nitrogen and oxygen atoms in total. The monoisotopic (exact) mass is 266 g/mol. The molecule has 0 aromatic carbocycles. The Labute approximate surface area is 115 Å². The molecule has 0 spiro atoms. The summed E-state index contributed by atoms with van der Waals surface area (Å²) in [6.45, 7) is 8.85. The highest BCUT2D eigenvalue weighted by molar-refractivity contribution is 4.91. The van der Waals surface area contributed by atoms with Crippen LogP contribution in [-0.4, -0.2) is 40.2 Å². The van der Waals surface area contributed by atoms with Crippen molar-refractivity contribution in [3.05, 3.63) is 11.7 Å². The lowest BCUT2D eigenvalue weighted by Crippen LogP contribution is -2.38. The van der Waals surface area contributed by atoms with E-state index >= 15 is 0 Å². The maximum Gasteiger partial charge on any atom is 0.228 e. The molecule has 2 heterocycles. The molecule has 1 saturated heterocycles. The second kappa shape index (κ2) is 6.48. The van der Waals surface area contributed by atoms with Gasteiger partial charge in [0, 0.05) is 24.9 Å². The van der Waals surface area contributed by atoms with E-state index in [0.717, 1.165) is 12.2 Å². The van der Waals surface area contributed by atoms with Gasteiger partial charge in [0.15, 0.2) is 5.82 Å². The van der Waals surface area contributed by atoms with Crippen molar-refractivity contribution >= 4 is 0 Å². The van der Waals surface area contributed by atoms with Crippen LogP contribution in [0, 0.1) is 5.92 Å². The fourth-order valence-corrected chi connectivity index (χ4v) is 2.66. The van der Waals surface area contributed by atoms with Crippen LogP contribution in [0.15, 0.2) is 4.52 Å². The van der Waals surface area contributed by atoms with Crippen molar-refractivity contribution in [2.75, 3.05) is 13.1 Å². The molecule has 19 heavy (non-hydrogen) atoms. The first-order chi connectivity index (χ1) is 9.04. The highest BCUT2D eigenvalue weighted by Crippen LogP contribution is 2.21. The molecule has 2 N–H and O–H groups in total. The van der Waals surface area contributed by atoms with Gasteiger partial charge in [-0.15, -0.1) is 0 Å². The summed E-state index contributed by atoms with van der Waals surface area (Å²) in [4.78, 5) is 6.96. The summed E-state index contributed by atoms with van der Waals surface area (Å²) >= 11 is 0. The summed E-state index contributed by atoms with van der Waals surface area (Å²) in [5.74, 6) is 2.21. The van der Waals surface area contributed by atoms with E-state index in [1.54, 1.807) is 0 Å². The van der Waals surface area contributed by atoms with E-state index in [1.165, 1.54) is 25.9 Å². The average molecular weight is 266 g/mol. The molecule has 0 radical (unpaired) electrons. The smallest absolute Gasteiger partial charge is 0.228 e. The highest BCUT2D eigenvalue weighted by atomic mass is 16.5. The summed E-state index contributed by atoms with van der Waals surface area (Å²) in [6.07, 6.45) is 4.07. The fourth-order valence-electron chi connectivity index (χ4n) is 2.66. The quantitative estimate of drug-likeness (QED) is 0.877. The summed E-state index contributed by atoms with van der Waals surface area (Å²) < 4.78 is 5.22. The van der Waals surface area contributed by atoms with Crippen LogP contribution in [0.4, 0.5) is 0 Å². The lowest BCUT2D eigenvalue weighted by atomic mass is 9.93. The van der Waals surface area contributed by atoms with Gasteiger partial charge in [0.25, 0.3) is 0 Å². The predicted molar refractivity (Wildman–Crippen MR) is 74.8 cm³/mol. The Balaban J connectivity index is 1.80. The molecule has 1 unspecified atom stereocenters. The van der Waals surface area contributed by atoms with E-state index in [2.05, 4.69) is 28.9 Å². The fraction of sp³-hybridized carbons (Fsp3) is 0.857.